The summed E-state index contributed by atoms with van der Waals surface area (Å²) < 4.78 is 5.72. The second-order valence-electron chi connectivity index (χ2n) is 5.61. The topological polar surface area (TPSA) is 50.4 Å². The molecule has 4 nitrogen and oxygen atoms in total. The summed E-state index contributed by atoms with van der Waals surface area (Å²) in [6, 6.07) is 6.07. The van der Waals surface area contributed by atoms with Crippen LogP contribution in [0.1, 0.15) is 39.7 Å². The Morgan fingerprint density at radius 3 is 2.57 bits per heavy atom. The Labute approximate surface area is 132 Å². The highest BCUT2D eigenvalue weighted by atomic mass is 35.5. The van der Waals surface area contributed by atoms with Crippen LogP contribution >= 0.6 is 11.6 Å². The average Bonchev–Trinajstić information content (AvgIpc) is 2.37. The SMILES string of the molecule is CC(C)NCc1cc(Cl)ccc1OCCC(=O)NC(C)C. The first-order chi connectivity index (χ1) is 9.88. The molecule has 0 radical (unpaired) electrons. The van der Waals surface area contributed by atoms with E-state index in [1.807, 2.05) is 26.0 Å². The van der Waals surface area contributed by atoms with Gasteiger partial charge >= 0.3 is 0 Å². The molecule has 1 aromatic carbocycles. The van der Waals surface area contributed by atoms with Crippen molar-refractivity contribution in [1.29, 1.82) is 0 Å². The van der Waals surface area contributed by atoms with E-state index >= 15 is 0 Å². The third kappa shape index (κ3) is 7.34. The van der Waals surface area contributed by atoms with Crippen molar-refractivity contribution >= 4 is 17.5 Å². The van der Waals surface area contributed by atoms with E-state index in [4.69, 9.17) is 16.3 Å². The van der Waals surface area contributed by atoms with Gasteiger partial charge in [0.15, 0.2) is 0 Å². The van der Waals surface area contributed by atoms with Crippen molar-refractivity contribution in [3.63, 3.8) is 0 Å². The minimum absolute atomic E-state index is 0.000758. The fourth-order valence-corrected chi connectivity index (χ4v) is 1.98. The second kappa shape index (κ2) is 8.90. The van der Waals surface area contributed by atoms with E-state index in [2.05, 4.69) is 24.5 Å². The number of carbonyl (C=O) groups excluding carboxylic acids is 1. The molecular weight excluding hydrogens is 288 g/mol. The van der Waals surface area contributed by atoms with Crippen LogP contribution in [0.25, 0.3) is 0 Å². The lowest BCUT2D eigenvalue weighted by molar-refractivity contribution is -0.122. The molecule has 118 valence electrons. The summed E-state index contributed by atoms with van der Waals surface area (Å²) >= 11 is 6.03. The van der Waals surface area contributed by atoms with Crippen LogP contribution in [0.3, 0.4) is 0 Å². The first kappa shape index (κ1) is 17.8. The van der Waals surface area contributed by atoms with E-state index in [0.29, 0.717) is 30.6 Å². The fraction of sp³-hybridized carbons (Fsp3) is 0.562. The summed E-state index contributed by atoms with van der Waals surface area (Å²) in [4.78, 5) is 11.6. The van der Waals surface area contributed by atoms with Crippen molar-refractivity contribution in [2.45, 2.75) is 52.7 Å². The highest BCUT2D eigenvalue weighted by Crippen LogP contribution is 2.23. The number of hydrogen-bond acceptors (Lipinski definition) is 3. The van der Waals surface area contributed by atoms with Crippen LogP contribution in [0.15, 0.2) is 18.2 Å². The van der Waals surface area contributed by atoms with E-state index in [1.165, 1.54) is 0 Å². The van der Waals surface area contributed by atoms with Crippen molar-refractivity contribution in [2.24, 2.45) is 0 Å². The van der Waals surface area contributed by atoms with Gasteiger partial charge in [0, 0.05) is 29.2 Å². The third-order valence-electron chi connectivity index (χ3n) is 2.76. The van der Waals surface area contributed by atoms with E-state index < -0.39 is 0 Å². The monoisotopic (exact) mass is 312 g/mol. The summed E-state index contributed by atoms with van der Waals surface area (Å²) in [5, 5.41) is 6.86. The van der Waals surface area contributed by atoms with Crippen molar-refractivity contribution in [1.82, 2.24) is 10.6 Å². The highest BCUT2D eigenvalue weighted by Gasteiger charge is 2.08. The summed E-state index contributed by atoms with van der Waals surface area (Å²) in [7, 11) is 0. The Morgan fingerprint density at radius 1 is 1.24 bits per heavy atom. The fourth-order valence-electron chi connectivity index (χ4n) is 1.79. The Bertz CT molecular complexity index is 462. The van der Waals surface area contributed by atoms with E-state index in [0.717, 1.165) is 11.3 Å². The quantitative estimate of drug-likeness (QED) is 0.775. The maximum absolute atomic E-state index is 11.6. The molecule has 0 aromatic heterocycles. The van der Waals surface area contributed by atoms with E-state index in [-0.39, 0.29) is 11.9 Å². The minimum Gasteiger partial charge on any atom is -0.493 e. The zero-order valence-electron chi connectivity index (χ0n) is 13.2. The Kier molecular flexibility index (Phi) is 7.54. The first-order valence-corrected chi connectivity index (χ1v) is 7.70. The lowest BCUT2D eigenvalue weighted by Gasteiger charge is -2.14. The summed E-state index contributed by atoms with van der Waals surface area (Å²) in [6.07, 6.45) is 0.345. The van der Waals surface area contributed by atoms with Crippen molar-refractivity contribution in [2.75, 3.05) is 6.61 Å². The molecule has 5 heteroatoms. The van der Waals surface area contributed by atoms with Crippen molar-refractivity contribution in [3.8, 4) is 5.75 Å². The van der Waals surface area contributed by atoms with Crippen LogP contribution in [-0.2, 0) is 11.3 Å². The molecule has 0 aliphatic rings. The normalized spacial score (nSPS) is 11.0. The molecule has 0 fully saturated rings. The van der Waals surface area contributed by atoms with Gasteiger partial charge in [-0.05, 0) is 32.0 Å². The smallest absolute Gasteiger partial charge is 0.223 e. The van der Waals surface area contributed by atoms with Gasteiger partial charge in [-0.3, -0.25) is 4.79 Å². The lowest BCUT2D eigenvalue weighted by Crippen LogP contribution is -2.31. The molecule has 0 atom stereocenters. The zero-order valence-corrected chi connectivity index (χ0v) is 14.0. The summed E-state index contributed by atoms with van der Waals surface area (Å²) in [5.74, 6) is 0.769. The average molecular weight is 313 g/mol. The third-order valence-corrected chi connectivity index (χ3v) is 2.99. The van der Waals surface area contributed by atoms with Crippen LogP contribution in [0.2, 0.25) is 5.02 Å². The Balaban J connectivity index is 2.55. The number of hydrogen-bond donors (Lipinski definition) is 2. The van der Waals surface area contributed by atoms with E-state index in [1.54, 1.807) is 6.07 Å². The molecule has 0 heterocycles. The van der Waals surface area contributed by atoms with Crippen LogP contribution in [0.5, 0.6) is 5.75 Å². The number of halogens is 1. The first-order valence-electron chi connectivity index (χ1n) is 7.32. The number of amides is 1. The molecular formula is C16H25ClN2O2. The van der Waals surface area contributed by atoms with Crippen LogP contribution in [0, 0.1) is 0 Å². The van der Waals surface area contributed by atoms with E-state index in [9.17, 15) is 4.79 Å². The molecule has 1 rings (SSSR count). The molecule has 0 saturated carbocycles. The van der Waals surface area contributed by atoms with Gasteiger partial charge in [-0.2, -0.15) is 0 Å². The zero-order chi connectivity index (χ0) is 15.8. The van der Waals surface area contributed by atoms with Gasteiger partial charge in [0.05, 0.1) is 13.0 Å². The van der Waals surface area contributed by atoms with Crippen LogP contribution < -0.4 is 15.4 Å². The number of carbonyl (C=O) groups is 1. The standard InChI is InChI=1S/C16H25ClN2O2/c1-11(2)18-10-13-9-14(17)5-6-15(13)21-8-7-16(20)19-12(3)4/h5-6,9,11-12,18H,7-8,10H2,1-4H3,(H,19,20). The van der Waals surface area contributed by atoms with Gasteiger partial charge in [0.2, 0.25) is 5.91 Å². The number of benzene rings is 1. The summed E-state index contributed by atoms with van der Waals surface area (Å²) in [6.45, 7) is 9.09. The minimum atomic E-state index is 0.000758. The Hall–Kier alpha value is -1.26. The molecule has 0 spiro atoms. The molecule has 2 N–H and O–H groups in total. The highest BCUT2D eigenvalue weighted by molar-refractivity contribution is 6.30. The largest absolute Gasteiger partial charge is 0.493 e. The molecule has 1 aromatic rings. The predicted octanol–water partition coefficient (Wildman–Crippen LogP) is 3.13. The maximum Gasteiger partial charge on any atom is 0.223 e. The molecule has 21 heavy (non-hydrogen) atoms. The number of nitrogens with one attached hydrogen (secondary N) is 2. The predicted molar refractivity (Wildman–Crippen MR) is 86.8 cm³/mol. The van der Waals surface area contributed by atoms with Gasteiger partial charge in [0.1, 0.15) is 5.75 Å². The molecule has 1 amide bonds. The van der Waals surface area contributed by atoms with Crippen molar-refractivity contribution in [3.05, 3.63) is 28.8 Å². The molecule has 0 bridgehead atoms. The number of ether oxygens (including phenoxy) is 1. The molecule has 0 unspecified atom stereocenters. The molecule has 0 aliphatic carbocycles. The van der Waals surface area contributed by atoms with Crippen LogP contribution in [-0.4, -0.2) is 24.6 Å². The van der Waals surface area contributed by atoms with Crippen LogP contribution in [0.4, 0.5) is 0 Å². The lowest BCUT2D eigenvalue weighted by atomic mass is 10.2. The van der Waals surface area contributed by atoms with Gasteiger partial charge in [-0.15, -0.1) is 0 Å². The molecule has 0 saturated heterocycles. The van der Waals surface area contributed by atoms with Gasteiger partial charge in [-0.25, -0.2) is 0 Å². The van der Waals surface area contributed by atoms with Crippen molar-refractivity contribution < 1.29 is 9.53 Å². The number of rotatable bonds is 8. The molecule has 0 aliphatic heterocycles. The van der Waals surface area contributed by atoms with Gasteiger partial charge in [-0.1, -0.05) is 25.4 Å². The maximum atomic E-state index is 11.6. The second-order valence-corrected chi connectivity index (χ2v) is 6.04. The van der Waals surface area contributed by atoms with Gasteiger partial charge in [0.25, 0.3) is 0 Å². The Morgan fingerprint density at radius 2 is 1.95 bits per heavy atom. The van der Waals surface area contributed by atoms with Gasteiger partial charge < -0.3 is 15.4 Å². The summed E-state index contributed by atoms with van der Waals surface area (Å²) in [5.41, 5.74) is 1.00.